The van der Waals surface area contributed by atoms with Crippen LogP contribution in [-0.4, -0.2) is 18.1 Å². The third kappa shape index (κ3) is 3.58. The summed E-state index contributed by atoms with van der Waals surface area (Å²) >= 11 is 0. The molecular formula is C12H26N2. The van der Waals surface area contributed by atoms with Crippen molar-refractivity contribution in [1.29, 1.82) is 0 Å². The van der Waals surface area contributed by atoms with Crippen LogP contribution in [0.4, 0.5) is 0 Å². The van der Waals surface area contributed by atoms with Crippen molar-refractivity contribution in [2.75, 3.05) is 6.54 Å². The van der Waals surface area contributed by atoms with Crippen LogP contribution in [0.15, 0.2) is 0 Å². The lowest BCUT2D eigenvalue weighted by Gasteiger charge is -2.37. The molecule has 0 atom stereocenters. The summed E-state index contributed by atoms with van der Waals surface area (Å²) in [4.78, 5) is 0. The fourth-order valence-electron chi connectivity index (χ4n) is 2.60. The topological polar surface area (TPSA) is 38.0 Å². The maximum atomic E-state index is 5.94. The Hall–Kier alpha value is -0.0800. The SMILES string of the molecule is CC(C)NC1(CN)CCCCCCC1. The first-order chi connectivity index (χ1) is 6.68. The standard InChI is InChI=1S/C12H26N2/c1-11(2)14-12(10-13)8-6-4-3-5-7-9-12/h11,14H,3-10,13H2,1-2H3. The molecule has 1 fully saturated rings. The maximum absolute atomic E-state index is 5.94. The average molecular weight is 198 g/mol. The molecule has 0 aliphatic heterocycles. The van der Waals surface area contributed by atoms with Gasteiger partial charge < -0.3 is 11.1 Å². The molecule has 14 heavy (non-hydrogen) atoms. The van der Waals surface area contributed by atoms with Crippen LogP contribution < -0.4 is 11.1 Å². The monoisotopic (exact) mass is 198 g/mol. The van der Waals surface area contributed by atoms with Crippen LogP contribution in [0.25, 0.3) is 0 Å². The minimum atomic E-state index is 0.245. The van der Waals surface area contributed by atoms with E-state index in [0.29, 0.717) is 6.04 Å². The lowest BCUT2D eigenvalue weighted by atomic mass is 9.83. The Balaban J connectivity index is 2.53. The molecule has 0 radical (unpaired) electrons. The van der Waals surface area contributed by atoms with Crippen LogP contribution in [0.3, 0.4) is 0 Å². The highest BCUT2D eigenvalue weighted by Crippen LogP contribution is 2.25. The van der Waals surface area contributed by atoms with Gasteiger partial charge in [-0.25, -0.2) is 0 Å². The normalized spacial score (nSPS) is 23.1. The van der Waals surface area contributed by atoms with E-state index in [-0.39, 0.29) is 5.54 Å². The van der Waals surface area contributed by atoms with E-state index >= 15 is 0 Å². The lowest BCUT2D eigenvalue weighted by Crippen LogP contribution is -2.54. The van der Waals surface area contributed by atoms with Crippen molar-refractivity contribution >= 4 is 0 Å². The van der Waals surface area contributed by atoms with Gasteiger partial charge in [0.1, 0.15) is 0 Å². The highest BCUT2D eigenvalue weighted by molar-refractivity contribution is 4.91. The number of nitrogens with one attached hydrogen (secondary N) is 1. The molecular weight excluding hydrogens is 172 g/mol. The van der Waals surface area contributed by atoms with Gasteiger partial charge in [0.2, 0.25) is 0 Å². The molecule has 2 heteroatoms. The van der Waals surface area contributed by atoms with Gasteiger partial charge in [-0.1, -0.05) is 46.0 Å². The van der Waals surface area contributed by atoms with Gasteiger partial charge in [-0.05, 0) is 12.8 Å². The van der Waals surface area contributed by atoms with E-state index in [0.717, 1.165) is 6.54 Å². The van der Waals surface area contributed by atoms with Crippen LogP contribution in [0.5, 0.6) is 0 Å². The number of rotatable bonds is 3. The van der Waals surface area contributed by atoms with Gasteiger partial charge in [0.05, 0.1) is 0 Å². The van der Waals surface area contributed by atoms with Gasteiger partial charge in [0.15, 0.2) is 0 Å². The minimum Gasteiger partial charge on any atom is -0.329 e. The Morgan fingerprint density at radius 3 is 2.00 bits per heavy atom. The molecule has 0 saturated heterocycles. The fourth-order valence-corrected chi connectivity index (χ4v) is 2.60. The quantitative estimate of drug-likeness (QED) is 0.731. The predicted molar refractivity (Wildman–Crippen MR) is 62.4 cm³/mol. The summed E-state index contributed by atoms with van der Waals surface area (Å²) in [5.41, 5.74) is 6.19. The van der Waals surface area contributed by atoms with Gasteiger partial charge in [-0.2, -0.15) is 0 Å². The van der Waals surface area contributed by atoms with E-state index in [9.17, 15) is 0 Å². The second-order valence-electron chi connectivity index (χ2n) is 5.05. The first-order valence-corrected chi connectivity index (χ1v) is 6.16. The molecule has 1 aliphatic carbocycles. The van der Waals surface area contributed by atoms with E-state index in [2.05, 4.69) is 19.2 Å². The van der Waals surface area contributed by atoms with Crippen LogP contribution >= 0.6 is 0 Å². The lowest BCUT2D eigenvalue weighted by molar-refractivity contribution is 0.239. The highest BCUT2D eigenvalue weighted by Gasteiger charge is 2.28. The Labute approximate surface area is 88.6 Å². The van der Waals surface area contributed by atoms with Gasteiger partial charge >= 0.3 is 0 Å². The third-order valence-electron chi connectivity index (χ3n) is 3.30. The summed E-state index contributed by atoms with van der Waals surface area (Å²) in [5, 5.41) is 3.69. The van der Waals surface area contributed by atoms with E-state index in [4.69, 9.17) is 5.73 Å². The average Bonchev–Trinajstić information content (AvgIpc) is 2.09. The largest absolute Gasteiger partial charge is 0.329 e. The molecule has 84 valence electrons. The van der Waals surface area contributed by atoms with Crippen molar-refractivity contribution in [2.24, 2.45) is 5.73 Å². The van der Waals surface area contributed by atoms with E-state index in [1.807, 2.05) is 0 Å². The van der Waals surface area contributed by atoms with Crippen LogP contribution in [0.2, 0.25) is 0 Å². The molecule has 0 heterocycles. The molecule has 0 amide bonds. The fraction of sp³-hybridized carbons (Fsp3) is 1.00. The molecule has 0 unspecified atom stereocenters. The molecule has 3 N–H and O–H groups in total. The first-order valence-electron chi connectivity index (χ1n) is 6.16. The summed E-state index contributed by atoms with van der Waals surface area (Å²) in [6, 6.07) is 0.554. The number of nitrogens with two attached hydrogens (primary N) is 1. The number of hydrogen-bond donors (Lipinski definition) is 2. The van der Waals surface area contributed by atoms with Crippen LogP contribution in [0.1, 0.15) is 58.8 Å². The molecule has 0 aromatic rings. The van der Waals surface area contributed by atoms with E-state index < -0.39 is 0 Å². The van der Waals surface area contributed by atoms with Gasteiger partial charge in [-0.15, -0.1) is 0 Å². The summed E-state index contributed by atoms with van der Waals surface area (Å²) < 4.78 is 0. The van der Waals surface area contributed by atoms with Crippen molar-refractivity contribution in [2.45, 2.75) is 70.4 Å². The Bertz CT molecular complexity index is 146. The second-order valence-corrected chi connectivity index (χ2v) is 5.05. The zero-order valence-electron chi connectivity index (χ0n) is 9.81. The maximum Gasteiger partial charge on any atom is 0.0306 e. The molecule has 1 rings (SSSR count). The summed E-state index contributed by atoms with van der Waals surface area (Å²) in [6.45, 7) is 5.23. The number of hydrogen-bond acceptors (Lipinski definition) is 2. The van der Waals surface area contributed by atoms with Crippen molar-refractivity contribution in [1.82, 2.24) is 5.32 Å². The van der Waals surface area contributed by atoms with Gasteiger partial charge in [0, 0.05) is 18.1 Å². The van der Waals surface area contributed by atoms with Gasteiger partial charge in [0.25, 0.3) is 0 Å². The van der Waals surface area contributed by atoms with Crippen molar-refractivity contribution in [3.63, 3.8) is 0 Å². The Kier molecular flexibility index (Phi) is 4.90. The van der Waals surface area contributed by atoms with Crippen molar-refractivity contribution in [3.8, 4) is 0 Å². The zero-order valence-corrected chi connectivity index (χ0v) is 9.81. The summed E-state index contributed by atoms with van der Waals surface area (Å²) in [7, 11) is 0. The zero-order chi connectivity index (χ0) is 10.4. The molecule has 1 saturated carbocycles. The van der Waals surface area contributed by atoms with Crippen LogP contribution in [0, 0.1) is 0 Å². The van der Waals surface area contributed by atoms with Gasteiger partial charge in [-0.3, -0.25) is 0 Å². The highest BCUT2D eigenvalue weighted by atomic mass is 15.0. The molecule has 0 bridgehead atoms. The second kappa shape index (κ2) is 5.72. The smallest absolute Gasteiger partial charge is 0.0306 e. The third-order valence-corrected chi connectivity index (χ3v) is 3.30. The van der Waals surface area contributed by atoms with Crippen molar-refractivity contribution < 1.29 is 0 Å². The molecule has 1 aliphatic rings. The summed E-state index contributed by atoms with van der Waals surface area (Å²) in [5.74, 6) is 0. The molecule has 0 aromatic carbocycles. The van der Waals surface area contributed by atoms with Crippen molar-refractivity contribution in [3.05, 3.63) is 0 Å². The van der Waals surface area contributed by atoms with E-state index in [1.54, 1.807) is 0 Å². The summed E-state index contributed by atoms with van der Waals surface area (Å²) in [6.07, 6.45) is 9.42. The minimum absolute atomic E-state index is 0.245. The van der Waals surface area contributed by atoms with Crippen LogP contribution in [-0.2, 0) is 0 Å². The predicted octanol–water partition coefficient (Wildman–Crippen LogP) is 2.43. The van der Waals surface area contributed by atoms with E-state index in [1.165, 1.54) is 44.9 Å². The molecule has 2 nitrogen and oxygen atoms in total. The Morgan fingerprint density at radius 2 is 1.57 bits per heavy atom. The first kappa shape index (κ1) is 12.0. The Morgan fingerprint density at radius 1 is 1.07 bits per heavy atom. The molecule has 0 spiro atoms. The molecule has 0 aromatic heterocycles.